The van der Waals surface area contributed by atoms with Crippen LogP contribution in [0, 0.1) is 11.8 Å². The van der Waals surface area contributed by atoms with Gasteiger partial charge < -0.3 is 0 Å². The molecule has 0 aromatic heterocycles. The van der Waals surface area contributed by atoms with Crippen molar-refractivity contribution in [1.29, 1.82) is 0 Å². The van der Waals surface area contributed by atoms with E-state index in [2.05, 4.69) is 0 Å². The van der Waals surface area contributed by atoms with Crippen molar-refractivity contribution in [2.75, 3.05) is 0 Å². The van der Waals surface area contributed by atoms with Gasteiger partial charge in [-0.05, 0) is 25.2 Å². The van der Waals surface area contributed by atoms with E-state index in [0.717, 1.165) is 0 Å². The Morgan fingerprint density at radius 3 is 2.38 bits per heavy atom. The molecule has 1 nitrogen and oxygen atoms in total. The molecule has 0 bridgehead atoms. The molecule has 1 aliphatic carbocycles. The number of carbonyl (C=O) groups excluding carboxylic acids is 1. The normalized spacial score (nSPS) is 31.5. The van der Waals surface area contributed by atoms with Crippen LogP contribution in [0.1, 0.15) is 32.6 Å². The largest absolute Gasteiger partial charge is 0.398 e. The second kappa shape index (κ2) is 3.68. The zero-order valence-corrected chi connectivity index (χ0v) is 7.53. The standard InChI is InChI=1S/C9H13F3O/c1-6-2-4-7(9(10,11)12)8(13)5-3-6/h6-7H,2-5H2,1H3. The number of rotatable bonds is 0. The first-order valence-electron chi connectivity index (χ1n) is 4.50. The van der Waals surface area contributed by atoms with Crippen molar-refractivity contribution in [3.8, 4) is 0 Å². The van der Waals surface area contributed by atoms with Crippen LogP contribution in [0.3, 0.4) is 0 Å². The molecule has 0 heterocycles. The van der Waals surface area contributed by atoms with Gasteiger partial charge in [0.15, 0.2) is 0 Å². The van der Waals surface area contributed by atoms with Crippen molar-refractivity contribution in [3.05, 3.63) is 0 Å². The maximum absolute atomic E-state index is 12.3. The number of ketones is 1. The van der Waals surface area contributed by atoms with E-state index in [1.165, 1.54) is 0 Å². The predicted octanol–water partition coefficient (Wildman–Crippen LogP) is 2.94. The van der Waals surface area contributed by atoms with Gasteiger partial charge in [0.25, 0.3) is 0 Å². The summed E-state index contributed by atoms with van der Waals surface area (Å²) in [6.07, 6.45) is -3.16. The van der Waals surface area contributed by atoms with Gasteiger partial charge in [-0.3, -0.25) is 4.79 Å². The van der Waals surface area contributed by atoms with Gasteiger partial charge in [-0.1, -0.05) is 6.92 Å². The summed E-state index contributed by atoms with van der Waals surface area (Å²) in [7, 11) is 0. The first-order valence-corrected chi connectivity index (χ1v) is 4.50. The minimum atomic E-state index is -4.33. The average molecular weight is 194 g/mol. The maximum Gasteiger partial charge on any atom is 0.398 e. The third-order valence-electron chi connectivity index (χ3n) is 2.62. The van der Waals surface area contributed by atoms with E-state index in [1.807, 2.05) is 6.92 Å². The molecule has 0 saturated heterocycles. The quantitative estimate of drug-likeness (QED) is 0.542. The van der Waals surface area contributed by atoms with Crippen molar-refractivity contribution < 1.29 is 18.0 Å². The molecule has 76 valence electrons. The number of alkyl halides is 3. The zero-order valence-electron chi connectivity index (χ0n) is 7.53. The van der Waals surface area contributed by atoms with Gasteiger partial charge in [-0.2, -0.15) is 13.2 Å². The van der Waals surface area contributed by atoms with E-state index < -0.39 is 17.9 Å². The van der Waals surface area contributed by atoms with Gasteiger partial charge >= 0.3 is 6.18 Å². The number of Topliss-reactive ketones (excluding diaryl/α,β-unsaturated/α-hetero) is 1. The first-order chi connectivity index (χ1) is 5.91. The van der Waals surface area contributed by atoms with Gasteiger partial charge in [0, 0.05) is 6.42 Å². The lowest BCUT2D eigenvalue weighted by Gasteiger charge is -2.16. The summed E-state index contributed by atoms with van der Waals surface area (Å²) in [6.45, 7) is 1.89. The van der Waals surface area contributed by atoms with Gasteiger partial charge in [0.1, 0.15) is 11.7 Å². The van der Waals surface area contributed by atoms with Crippen LogP contribution in [0.2, 0.25) is 0 Å². The first kappa shape index (κ1) is 10.5. The summed E-state index contributed by atoms with van der Waals surface area (Å²) in [5.41, 5.74) is 0. The van der Waals surface area contributed by atoms with Crippen molar-refractivity contribution in [2.45, 2.75) is 38.8 Å². The lowest BCUT2D eigenvalue weighted by Crippen LogP contribution is -2.29. The van der Waals surface area contributed by atoms with Gasteiger partial charge in [0.05, 0.1) is 0 Å². The highest BCUT2D eigenvalue weighted by atomic mass is 19.4. The van der Waals surface area contributed by atoms with Crippen LogP contribution >= 0.6 is 0 Å². The minimum absolute atomic E-state index is 0.0243. The summed E-state index contributed by atoms with van der Waals surface area (Å²) in [5.74, 6) is -2.08. The topological polar surface area (TPSA) is 17.1 Å². The van der Waals surface area contributed by atoms with Crippen molar-refractivity contribution in [3.63, 3.8) is 0 Å². The Labute approximate surface area is 75.3 Å². The molecule has 4 heteroatoms. The lowest BCUT2D eigenvalue weighted by atomic mass is 9.98. The molecule has 2 unspecified atom stereocenters. The van der Waals surface area contributed by atoms with Crippen molar-refractivity contribution in [1.82, 2.24) is 0 Å². The highest BCUT2D eigenvalue weighted by Gasteiger charge is 2.44. The number of halogens is 3. The SMILES string of the molecule is CC1CCC(=O)C(C(F)(F)F)CC1. The van der Waals surface area contributed by atoms with Crippen LogP contribution in [0.25, 0.3) is 0 Å². The zero-order chi connectivity index (χ0) is 10.1. The molecule has 0 aliphatic heterocycles. The van der Waals surface area contributed by atoms with Gasteiger partial charge in [-0.25, -0.2) is 0 Å². The Morgan fingerprint density at radius 2 is 1.85 bits per heavy atom. The van der Waals surface area contributed by atoms with E-state index in [9.17, 15) is 18.0 Å². The molecule has 2 atom stereocenters. The molecule has 1 aliphatic rings. The molecule has 0 aromatic carbocycles. The van der Waals surface area contributed by atoms with E-state index in [-0.39, 0.29) is 18.8 Å². The molecule has 0 N–H and O–H groups in total. The molecule has 1 saturated carbocycles. The average Bonchev–Trinajstić information content (AvgIpc) is 2.12. The highest BCUT2D eigenvalue weighted by Crippen LogP contribution is 2.35. The number of carbonyl (C=O) groups is 1. The fraction of sp³-hybridized carbons (Fsp3) is 0.889. The van der Waals surface area contributed by atoms with Crippen molar-refractivity contribution >= 4 is 5.78 Å². The molecule has 13 heavy (non-hydrogen) atoms. The maximum atomic E-state index is 12.3. The summed E-state index contributed by atoms with van der Waals surface area (Å²) in [6, 6.07) is 0. The fourth-order valence-corrected chi connectivity index (χ4v) is 1.67. The molecular weight excluding hydrogens is 181 g/mol. The van der Waals surface area contributed by atoms with Crippen LogP contribution in [-0.2, 0) is 4.79 Å². The fourth-order valence-electron chi connectivity index (χ4n) is 1.67. The van der Waals surface area contributed by atoms with E-state index in [0.29, 0.717) is 12.8 Å². The number of hydrogen-bond acceptors (Lipinski definition) is 1. The second-order valence-corrected chi connectivity index (χ2v) is 3.78. The highest BCUT2D eigenvalue weighted by molar-refractivity contribution is 5.81. The van der Waals surface area contributed by atoms with Crippen LogP contribution < -0.4 is 0 Å². The van der Waals surface area contributed by atoms with Crippen LogP contribution in [-0.4, -0.2) is 12.0 Å². The smallest absolute Gasteiger partial charge is 0.299 e. The van der Waals surface area contributed by atoms with Crippen LogP contribution in [0.5, 0.6) is 0 Å². The molecular formula is C9H13F3O. The molecule has 1 fully saturated rings. The Kier molecular flexibility index (Phi) is 2.98. The van der Waals surface area contributed by atoms with E-state index in [4.69, 9.17) is 0 Å². The molecule has 0 spiro atoms. The molecule has 0 radical (unpaired) electrons. The molecule has 1 rings (SSSR count). The summed E-state index contributed by atoms with van der Waals surface area (Å²) in [5, 5.41) is 0. The Bertz CT molecular complexity index is 198. The molecule has 0 aromatic rings. The van der Waals surface area contributed by atoms with E-state index >= 15 is 0 Å². The Balaban J connectivity index is 2.68. The van der Waals surface area contributed by atoms with Crippen LogP contribution in [0.15, 0.2) is 0 Å². The third kappa shape index (κ3) is 2.71. The lowest BCUT2D eigenvalue weighted by molar-refractivity contribution is -0.182. The monoisotopic (exact) mass is 194 g/mol. The van der Waals surface area contributed by atoms with Gasteiger partial charge in [-0.15, -0.1) is 0 Å². The number of hydrogen-bond donors (Lipinski definition) is 0. The Morgan fingerprint density at radius 1 is 1.23 bits per heavy atom. The van der Waals surface area contributed by atoms with E-state index in [1.54, 1.807) is 0 Å². The van der Waals surface area contributed by atoms with Crippen LogP contribution in [0.4, 0.5) is 13.2 Å². The molecule has 0 amide bonds. The Hall–Kier alpha value is -0.540. The summed E-state index contributed by atoms with van der Waals surface area (Å²) in [4.78, 5) is 11.1. The minimum Gasteiger partial charge on any atom is -0.299 e. The van der Waals surface area contributed by atoms with Crippen molar-refractivity contribution in [2.24, 2.45) is 11.8 Å². The predicted molar refractivity (Wildman–Crippen MR) is 42.2 cm³/mol. The van der Waals surface area contributed by atoms with Gasteiger partial charge in [0.2, 0.25) is 0 Å². The third-order valence-corrected chi connectivity index (χ3v) is 2.62. The summed E-state index contributed by atoms with van der Waals surface area (Å²) >= 11 is 0. The summed E-state index contributed by atoms with van der Waals surface area (Å²) < 4.78 is 36.8. The second-order valence-electron chi connectivity index (χ2n) is 3.78.